The van der Waals surface area contributed by atoms with E-state index in [1.165, 1.54) is 0 Å². The first-order chi connectivity index (χ1) is 8.96. The molecule has 1 amide bonds. The van der Waals surface area contributed by atoms with E-state index in [2.05, 4.69) is 19.2 Å². The van der Waals surface area contributed by atoms with Gasteiger partial charge in [0.25, 0.3) is 0 Å². The minimum atomic E-state index is -1.14. The first kappa shape index (κ1) is 16.0. The van der Waals surface area contributed by atoms with Crippen LogP contribution < -0.4 is 5.32 Å². The Hall–Kier alpha value is -1.10. The monoisotopic (exact) mass is 271 g/mol. The first-order valence-electron chi connectivity index (χ1n) is 7.10. The largest absolute Gasteiger partial charge is 0.480 e. The second-order valence-corrected chi connectivity index (χ2v) is 5.35. The van der Waals surface area contributed by atoms with E-state index in [0.29, 0.717) is 32.0 Å². The van der Waals surface area contributed by atoms with Gasteiger partial charge in [-0.15, -0.1) is 0 Å². The van der Waals surface area contributed by atoms with Crippen molar-refractivity contribution in [2.45, 2.75) is 52.0 Å². The van der Waals surface area contributed by atoms with Crippen LogP contribution in [0.2, 0.25) is 0 Å². The van der Waals surface area contributed by atoms with Gasteiger partial charge < -0.3 is 15.2 Å². The van der Waals surface area contributed by atoms with Gasteiger partial charge >= 0.3 is 5.97 Å². The van der Waals surface area contributed by atoms with Crippen molar-refractivity contribution in [1.29, 1.82) is 0 Å². The third-order valence-corrected chi connectivity index (χ3v) is 4.29. The molecule has 1 saturated heterocycles. The van der Waals surface area contributed by atoms with Crippen molar-refractivity contribution in [3.8, 4) is 0 Å². The zero-order valence-electron chi connectivity index (χ0n) is 12.1. The number of nitrogens with one attached hydrogen (secondary N) is 1. The van der Waals surface area contributed by atoms with Crippen molar-refractivity contribution >= 4 is 11.9 Å². The summed E-state index contributed by atoms with van der Waals surface area (Å²) in [6, 6.07) is 0. The van der Waals surface area contributed by atoms with Crippen LogP contribution >= 0.6 is 0 Å². The summed E-state index contributed by atoms with van der Waals surface area (Å²) in [4.78, 5) is 23.7. The number of carboxylic acid groups (broad SMARTS) is 1. The summed E-state index contributed by atoms with van der Waals surface area (Å²) in [7, 11) is 0. The first-order valence-corrected chi connectivity index (χ1v) is 7.10. The number of amides is 1. The van der Waals surface area contributed by atoms with Crippen molar-refractivity contribution in [2.24, 2.45) is 11.8 Å². The molecule has 2 N–H and O–H groups in total. The van der Waals surface area contributed by atoms with Gasteiger partial charge in [0.2, 0.25) is 5.91 Å². The van der Waals surface area contributed by atoms with E-state index in [9.17, 15) is 14.7 Å². The highest BCUT2D eigenvalue weighted by Gasteiger charge is 2.42. The Kier molecular flexibility index (Phi) is 5.79. The van der Waals surface area contributed by atoms with Crippen LogP contribution in [0.1, 0.15) is 46.5 Å². The average Bonchev–Trinajstić information content (AvgIpc) is 2.40. The molecule has 0 aromatic rings. The normalized spacial score (nSPS) is 20.0. The van der Waals surface area contributed by atoms with E-state index < -0.39 is 11.5 Å². The third kappa shape index (κ3) is 3.69. The Labute approximate surface area is 114 Å². The maximum atomic E-state index is 12.3. The van der Waals surface area contributed by atoms with Crippen molar-refractivity contribution in [3.05, 3.63) is 0 Å². The number of hydrogen-bond acceptors (Lipinski definition) is 3. The summed E-state index contributed by atoms with van der Waals surface area (Å²) in [5, 5.41) is 12.2. The number of ether oxygens (including phenoxy) is 1. The molecule has 110 valence electrons. The second kappa shape index (κ2) is 6.89. The van der Waals surface area contributed by atoms with Gasteiger partial charge in [0, 0.05) is 32.0 Å². The molecule has 1 aliphatic rings. The standard InChI is InChI=1S/C14H25NO4/c1-4-11(5-2)10(3)12(16)15-14(13(17)18)6-8-19-9-7-14/h10-11H,4-9H2,1-3H3,(H,15,16)(H,17,18). The minimum absolute atomic E-state index is 0.155. The number of aliphatic carboxylic acids is 1. The number of rotatable bonds is 6. The highest BCUT2D eigenvalue weighted by molar-refractivity contribution is 5.88. The zero-order valence-corrected chi connectivity index (χ0v) is 12.1. The summed E-state index contributed by atoms with van der Waals surface area (Å²) in [6.45, 7) is 6.75. The maximum Gasteiger partial charge on any atom is 0.329 e. The van der Waals surface area contributed by atoms with Crippen LogP contribution in [0.15, 0.2) is 0 Å². The minimum Gasteiger partial charge on any atom is -0.480 e. The average molecular weight is 271 g/mol. The number of hydrogen-bond donors (Lipinski definition) is 2. The van der Waals surface area contributed by atoms with Crippen molar-refractivity contribution in [1.82, 2.24) is 5.32 Å². The predicted octanol–water partition coefficient (Wildman–Crippen LogP) is 1.81. The van der Waals surface area contributed by atoms with E-state index in [1.807, 2.05) is 6.92 Å². The predicted molar refractivity (Wildman–Crippen MR) is 71.8 cm³/mol. The Morgan fingerprint density at radius 3 is 2.21 bits per heavy atom. The molecule has 5 heteroatoms. The van der Waals surface area contributed by atoms with Gasteiger partial charge in [-0.2, -0.15) is 0 Å². The molecule has 1 atom stereocenters. The fourth-order valence-electron chi connectivity index (χ4n) is 2.67. The second-order valence-electron chi connectivity index (χ2n) is 5.35. The van der Waals surface area contributed by atoms with Crippen LogP contribution in [0.5, 0.6) is 0 Å². The van der Waals surface area contributed by atoms with Gasteiger partial charge in [0.15, 0.2) is 0 Å². The van der Waals surface area contributed by atoms with Crippen LogP contribution in [-0.4, -0.2) is 35.7 Å². The Bertz CT molecular complexity index is 319. The lowest BCUT2D eigenvalue weighted by molar-refractivity contribution is -0.153. The molecule has 0 aliphatic carbocycles. The summed E-state index contributed by atoms with van der Waals surface area (Å²) < 4.78 is 5.19. The third-order valence-electron chi connectivity index (χ3n) is 4.29. The maximum absolute atomic E-state index is 12.3. The molecule has 0 radical (unpaired) electrons. The summed E-state index contributed by atoms with van der Waals surface area (Å²) in [5.74, 6) is -0.973. The molecule has 0 spiro atoms. The van der Waals surface area contributed by atoms with Gasteiger partial charge in [-0.1, -0.05) is 33.6 Å². The van der Waals surface area contributed by atoms with Crippen molar-refractivity contribution in [2.75, 3.05) is 13.2 Å². The van der Waals surface area contributed by atoms with Gasteiger partial charge in [-0.3, -0.25) is 4.79 Å². The highest BCUT2D eigenvalue weighted by Crippen LogP contribution is 2.24. The van der Waals surface area contributed by atoms with Crippen molar-refractivity contribution < 1.29 is 19.4 Å². The highest BCUT2D eigenvalue weighted by atomic mass is 16.5. The van der Waals surface area contributed by atoms with Gasteiger partial charge in [-0.25, -0.2) is 4.79 Å². The molecular formula is C14H25NO4. The van der Waals surface area contributed by atoms with Crippen LogP contribution in [0, 0.1) is 11.8 Å². The molecule has 0 bridgehead atoms. The molecule has 1 unspecified atom stereocenters. The Balaban J connectivity index is 2.74. The molecule has 1 rings (SSSR count). The molecular weight excluding hydrogens is 246 g/mol. The number of carbonyl (C=O) groups excluding carboxylic acids is 1. The van der Waals surface area contributed by atoms with Gasteiger partial charge in [0.05, 0.1) is 0 Å². The van der Waals surface area contributed by atoms with E-state index in [4.69, 9.17) is 4.74 Å². The molecule has 1 heterocycles. The fourth-order valence-corrected chi connectivity index (χ4v) is 2.67. The SMILES string of the molecule is CCC(CC)C(C)C(=O)NC1(C(=O)O)CCOCC1. The molecule has 0 aromatic heterocycles. The summed E-state index contributed by atoms with van der Waals surface area (Å²) >= 11 is 0. The lowest BCUT2D eigenvalue weighted by Gasteiger charge is -2.35. The summed E-state index contributed by atoms with van der Waals surface area (Å²) in [5.41, 5.74) is -1.14. The molecule has 1 aliphatic heterocycles. The molecule has 0 saturated carbocycles. The van der Waals surface area contributed by atoms with Crippen LogP contribution in [-0.2, 0) is 14.3 Å². The van der Waals surface area contributed by atoms with E-state index in [-0.39, 0.29) is 11.8 Å². The number of carbonyl (C=O) groups is 2. The van der Waals surface area contributed by atoms with E-state index >= 15 is 0 Å². The van der Waals surface area contributed by atoms with Crippen molar-refractivity contribution in [3.63, 3.8) is 0 Å². The topological polar surface area (TPSA) is 75.6 Å². The zero-order chi connectivity index (χ0) is 14.5. The number of carboxylic acids is 1. The van der Waals surface area contributed by atoms with Gasteiger partial charge in [-0.05, 0) is 5.92 Å². The lowest BCUT2D eigenvalue weighted by atomic mass is 9.85. The van der Waals surface area contributed by atoms with E-state index in [1.54, 1.807) is 0 Å². The molecule has 5 nitrogen and oxygen atoms in total. The van der Waals surface area contributed by atoms with Crippen LogP contribution in [0.3, 0.4) is 0 Å². The van der Waals surface area contributed by atoms with Crippen LogP contribution in [0.25, 0.3) is 0 Å². The quantitative estimate of drug-likeness (QED) is 0.772. The Morgan fingerprint density at radius 2 is 1.79 bits per heavy atom. The van der Waals surface area contributed by atoms with Crippen LogP contribution in [0.4, 0.5) is 0 Å². The smallest absolute Gasteiger partial charge is 0.329 e. The molecule has 19 heavy (non-hydrogen) atoms. The molecule has 1 fully saturated rings. The fraction of sp³-hybridized carbons (Fsp3) is 0.857. The Morgan fingerprint density at radius 1 is 1.26 bits per heavy atom. The van der Waals surface area contributed by atoms with Gasteiger partial charge in [0.1, 0.15) is 5.54 Å². The molecule has 0 aromatic carbocycles. The lowest BCUT2D eigenvalue weighted by Crippen LogP contribution is -2.58. The summed E-state index contributed by atoms with van der Waals surface area (Å²) in [6.07, 6.45) is 2.52. The van der Waals surface area contributed by atoms with E-state index in [0.717, 1.165) is 12.8 Å².